The molecule has 1 aromatic rings. The lowest BCUT2D eigenvalue weighted by atomic mass is 9.58. The van der Waals surface area contributed by atoms with Gasteiger partial charge in [0.05, 0.1) is 23.4 Å². The van der Waals surface area contributed by atoms with Crippen molar-refractivity contribution in [3.8, 4) is 18.2 Å². The fourth-order valence-electron chi connectivity index (χ4n) is 3.86. The predicted octanol–water partition coefficient (Wildman–Crippen LogP) is 2.04. The zero-order valence-corrected chi connectivity index (χ0v) is 13.4. The molecule has 0 saturated carbocycles. The van der Waals surface area contributed by atoms with Gasteiger partial charge < -0.3 is 10.6 Å². The van der Waals surface area contributed by atoms with Gasteiger partial charge in [0.2, 0.25) is 0 Å². The van der Waals surface area contributed by atoms with Crippen LogP contribution in [0.2, 0.25) is 0 Å². The highest BCUT2D eigenvalue weighted by atomic mass is 15.1. The average molecular weight is 315 g/mol. The smallest absolute Gasteiger partial charge is 0.191 e. The maximum Gasteiger partial charge on any atom is 0.191 e. The van der Waals surface area contributed by atoms with Gasteiger partial charge >= 0.3 is 0 Å². The quantitative estimate of drug-likeness (QED) is 0.854. The predicted molar refractivity (Wildman–Crippen MR) is 88.7 cm³/mol. The molecule has 2 N–H and O–H groups in total. The summed E-state index contributed by atoms with van der Waals surface area (Å²) in [5.74, 6) is -0.521. The molecule has 5 nitrogen and oxygen atoms in total. The number of hydrogen-bond donors (Lipinski definition) is 1. The molecule has 0 fully saturated rings. The largest absolute Gasteiger partial charge is 0.399 e. The first-order valence-electron chi connectivity index (χ1n) is 7.75. The summed E-state index contributed by atoms with van der Waals surface area (Å²) in [6.07, 6.45) is 1.99. The van der Waals surface area contributed by atoms with Crippen LogP contribution in [0.4, 0.5) is 0 Å². The molecular formula is C19H17N5. The van der Waals surface area contributed by atoms with Gasteiger partial charge in [-0.2, -0.15) is 15.8 Å². The summed E-state index contributed by atoms with van der Waals surface area (Å²) in [6.45, 7) is 1.40. The minimum Gasteiger partial charge on any atom is -0.399 e. The highest BCUT2D eigenvalue weighted by Crippen LogP contribution is 2.53. The molecule has 0 amide bonds. The van der Waals surface area contributed by atoms with E-state index in [1.165, 1.54) is 0 Å². The standard InChI is InChI=1S/C19H17N5/c1-24-8-7-14-15(9-20)18(23)19(11-21,12-22)17(16(14)10-24)13-5-3-2-4-6-13/h2-7,16-17H,8,10,23H2,1H3/t16-,17-/m1/s1. The second-order valence-corrected chi connectivity index (χ2v) is 6.31. The van der Waals surface area contributed by atoms with Crippen LogP contribution in [0.25, 0.3) is 0 Å². The molecule has 1 aliphatic heterocycles. The summed E-state index contributed by atoms with van der Waals surface area (Å²) < 4.78 is 0. The van der Waals surface area contributed by atoms with E-state index in [2.05, 4.69) is 23.1 Å². The van der Waals surface area contributed by atoms with Gasteiger partial charge in [0.15, 0.2) is 5.41 Å². The van der Waals surface area contributed by atoms with Gasteiger partial charge in [0.1, 0.15) is 6.07 Å². The molecule has 0 unspecified atom stereocenters. The Morgan fingerprint density at radius 3 is 2.42 bits per heavy atom. The number of nitrogens with zero attached hydrogens (tertiary/aromatic N) is 4. The summed E-state index contributed by atoms with van der Waals surface area (Å²) >= 11 is 0. The van der Waals surface area contributed by atoms with Gasteiger partial charge in [0.25, 0.3) is 0 Å². The molecule has 1 heterocycles. The van der Waals surface area contributed by atoms with Crippen LogP contribution in [0.5, 0.6) is 0 Å². The van der Waals surface area contributed by atoms with Crippen molar-refractivity contribution in [1.29, 1.82) is 15.8 Å². The molecule has 1 aromatic carbocycles. The summed E-state index contributed by atoms with van der Waals surface area (Å²) in [6, 6.07) is 15.9. The Hall–Kier alpha value is -3.07. The van der Waals surface area contributed by atoms with E-state index in [4.69, 9.17) is 5.73 Å². The van der Waals surface area contributed by atoms with Crippen molar-refractivity contribution in [2.75, 3.05) is 20.1 Å². The minimum absolute atomic E-state index is 0.0795. The topological polar surface area (TPSA) is 101 Å². The number of nitrogens with two attached hydrogens (primary N) is 1. The molecule has 118 valence electrons. The lowest BCUT2D eigenvalue weighted by Crippen LogP contribution is -2.47. The molecule has 1 aliphatic carbocycles. The fraction of sp³-hybridized carbons (Fsp3) is 0.316. The second kappa shape index (κ2) is 5.85. The molecule has 2 aliphatic rings. The van der Waals surface area contributed by atoms with Crippen molar-refractivity contribution >= 4 is 0 Å². The van der Waals surface area contributed by atoms with Crippen LogP contribution in [0.1, 0.15) is 11.5 Å². The van der Waals surface area contributed by atoms with Crippen LogP contribution in [0.3, 0.4) is 0 Å². The molecule has 5 heteroatoms. The first-order valence-corrected chi connectivity index (χ1v) is 7.75. The van der Waals surface area contributed by atoms with Crippen LogP contribution >= 0.6 is 0 Å². The zero-order valence-electron chi connectivity index (χ0n) is 13.4. The number of hydrogen-bond acceptors (Lipinski definition) is 5. The number of likely N-dealkylation sites (N-methyl/N-ethyl adjacent to an activating group) is 1. The maximum absolute atomic E-state index is 9.88. The van der Waals surface area contributed by atoms with E-state index in [-0.39, 0.29) is 11.6 Å². The van der Waals surface area contributed by atoms with Gasteiger partial charge in [0, 0.05) is 24.9 Å². The van der Waals surface area contributed by atoms with E-state index >= 15 is 0 Å². The lowest BCUT2D eigenvalue weighted by molar-refractivity contribution is 0.237. The summed E-state index contributed by atoms with van der Waals surface area (Å²) in [5, 5.41) is 29.4. The van der Waals surface area contributed by atoms with Gasteiger partial charge in [-0.1, -0.05) is 36.4 Å². The summed E-state index contributed by atoms with van der Waals surface area (Å²) in [5.41, 5.74) is 6.82. The highest BCUT2D eigenvalue weighted by Gasteiger charge is 2.54. The van der Waals surface area contributed by atoms with Crippen LogP contribution in [0.15, 0.2) is 53.3 Å². The Kier molecular flexibility index (Phi) is 3.86. The van der Waals surface area contributed by atoms with E-state index in [0.717, 1.165) is 17.7 Å². The van der Waals surface area contributed by atoms with Crippen molar-refractivity contribution in [3.63, 3.8) is 0 Å². The lowest BCUT2D eigenvalue weighted by Gasteiger charge is -2.45. The van der Waals surface area contributed by atoms with Crippen molar-refractivity contribution in [2.45, 2.75) is 5.92 Å². The number of fused-ring (bicyclic) bond motifs is 1. The van der Waals surface area contributed by atoms with E-state index in [9.17, 15) is 15.8 Å². The Balaban J connectivity index is 2.33. The van der Waals surface area contributed by atoms with Crippen LogP contribution in [-0.4, -0.2) is 25.0 Å². The molecule has 3 rings (SSSR count). The molecule has 0 spiro atoms. The van der Waals surface area contributed by atoms with Crippen molar-refractivity contribution in [3.05, 3.63) is 58.8 Å². The number of allylic oxidation sites excluding steroid dienone is 2. The Morgan fingerprint density at radius 1 is 1.17 bits per heavy atom. The van der Waals surface area contributed by atoms with Gasteiger partial charge in [-0.25, -0.2) is 0 Å². The maximum atomic E-state index is 9.88. The molecule has 0 saturated heterocycles. The minimum atomic E-state index is -1.54. The third kappa shape index (κ3) is 2.09. The summed E-state index contributed by atoms with van der Waals surface area (Å²) in [4.78, 5) is 2.13. The average Bonchev–Trinajstić information content (AvgIpc) is 2.62. The number of rotatable bonds is 1. The number of benzene rings is 1. The van der Waals surface area contributed by atoms with Crippen molar-refractivity contribution < 1.29 is 0 Å². The second-order valence-electron chi connectivity index (χ2n) is 6.31. The molecule has 0 aromatic heterocycles. The van der Waals surface area contributed by atoms with Crippen molar-refractivity contribution in [2.24, 2.45) is 17.1 Å². The first-order chi connectivity index (χ1) is 11.6. The molecule has 2 atom stereocenters. The zero-order chi connectivity index (χ0) is 17.3. The summed E-state index contributed by atoms with van der Waals surface area (Å²) in [7, 11) is 1.99. The Bertz CT molecular complexity index is 830. The van der Waals surface area contributed by atoms with Crippen molar-refractivity contribution in [1.82, 2.24) is 4.90 Å². The molecule has 0 radical (unpaired) electrons. The first kappa shape index (κ1) is 15.8. The van der Waals surface area contributed by atoms with Crippen LogP contribution in [-0.2, 0) is 0 Å². The Morgan fingerprint density at radius 2 is 1.83 bits per heavy atom. The molecular weight excluding hydrogens is 298 g/mol. The third-order valence-corrected chi connectivity index (χ3v) is 5.01. The molecule has 24 heavy (non-hydrogen) atoms. The van der Waals surface area contributed by atoms with Crippen LogP contribution in [0, 0.1) is 45.3 Å². The third-order valence-electron chi connectivity index (χ3n) is 5.01. The van der Waals surface area contributed by atoms with Gasteiger partial charge in [-0.3, -0.25) is 0 Å². The van der Waals surface area contributed by atoms with Crippen LogP contribution < -0.4 is 5.73 Å². The van der Waals surface area contributed by atoms with E-state index in [1.807, 2.05) is 43.5 Å². The van der Waals surface area contributed by atoms with E-state index in [1.54, 1.807) is 0 Å². The van der Waals surface area contributed by atoms with Gasteiger partial charge in [-0.05, 0) is 18.2 Å². The SMILES string of the molecule is CN1CC=C2C(C#N)=C(N)C(C#N)(C#N)[C@H](c3ccccc3)[C@@H]2C1. The molecule has 0 bridgehead atoms. The van der Waals surface area contributed by atoms with Gasteiger partial charge in [-0.15, -0.1) is 0 Å². The number of nitriles is 3. The monoisotopic (exact) mass is 315 g/mol. The fourth-order valence-corrected chi connectivity index (χ4v) is 3.86. The normalized spacial score (nSPS) is 25.7. The highest BCUT2D eigenvalue weighted by molar-refractivity contribution is 5.59. The van der Waals surface area contributed by atoms with E-state index < -0.39 is 11.3 Å². The van der Waals surface area contributed by atoms with E-state index in [0.29, 0.717) is 12.1 Å². The Labute approximate surface area is 141 Å².